The second-order valence-corrected chi connectivity index (χ2v) is 8.03. The van der Waals surface area contributed by atoms with Gasteiger partial charge in [0, 0.05) is 46.4 Å². The first-order chi connectivity index (χ1) is 15.2. The molecule has 1 aromatic carbocycles. The van der Waals surface area contributed by atoms with Gasteiger partial charge in [0.15, 0.2) is 17.5 Å². The first-order valence-electron chi connectivity index (χ1n) is 11.3. The van der Waals surface area contributed by atoms with Crippen molar-refractivity contribution in [2.75, 3.05) is 73.9 Å². The third-order valence-corrected chi connectivity index (χ3v) is 5.77. The lowest BCUT2D eigenvalue weighted by Gasteiger charge is -2.35. The molecule has 1 atom stereocenters. The number of rotatable bonds is 12. The molecule has 2 aliphatic rings. The quantitative estimate of drug-likeness (QED) is 0.296. The van der Waals surface area contributed by atoms with Gasteiger partial charge in [-0.05, 0) is 42.9 Å². The maximum absolute atomic E-state index is 5.71. The van der Waals surface area contributed by atoms with Gasteiger partial charge in [-0.2, -0.15) is 0 Å². The molecule has 1 aliphatic heterocycles. The molecule has 1 unspecified atom stereocenters. The van der Waals surface area contributed by atoms with Gasteiger partial charge >= 0.3 is 0 Å². The second-order valence-electron chi connectivity index (χ2n) is 8.03. The van der Waals surface area contributed by atoms with Gasteiger partial charge in [-0.3, -0.25) is 9.89 Å². The number of methoxy groups -OCH3 is 2. The number of guanidine groups is 1. The number of benzene rings is 1. The van der Waals surface area contributed by atoms with Gasteiger partial charge in [-0.25, -0.2) is 0 Å². The monoisotopic (exact) mass is 434 g/mol. The molecule has 2 N–H and O–H groups in total. The van der Waals surface area contributed by atoms with E-state index in [1.165, 1.54) is 18.4 Å². The minimum atomic E-state index is 0.170. The van der Waals surface area contributed by atoms with Crippen LogP contribution in [0.4, 0.5) is 0 Å². The Morgan fingerprint density at radius 3 is 2.61 bits per heavy atom. The Morgan fingerprint density at radius 1 is 1.16 bits per heavy atom. The maximum atomic E-state index is 5.71. The van der Waals surface area contributed by atoms with Gasteiger partial charge in [0.1, 0.15) is 0 Å². The summed E-state index contributed by atoms with van der Waals surface area (Å²) >= 11 is 0. The average molecular weight is 435 g/mol. The van der Waals surface area contributed by atoms with Crippen LogP contribution in [0.2, 0.25) is 0 Å². The summed E-state index contributed by atoms with van der Waals surface area (Å²) in [6, 6.07) is 6.31. The van der Waals surface area contributed by atoms with Crippen molar-refractivity contribution in [1.29, 1.82) is 0 Å². The van der Waals surface area contributed by atoms with Crippen molar-refractivity contribution in [1.82, 2.24) is 15.5 Å². The summed E-state index contributed by atoms with van der Waals surface area (Å²) < 4.78 is 22.2. The molecule has 1 saturated carbocycles. The van der Waals surface area contributed by atoms with Crippen LogP contribution in [-0.4, -0.2) is 84.7 Å². The van der Waals surface area contributed by atoms with Crippen molar-refractivity contribution in [3.63, 3.8) is 0 Å². The van der Waals surface area contributed by atoms with Crippen LogP contribution in [-0.2, 0) is 9.47 Å². The Bertz CT molecular complexity index is 690. The lowest BCUT2D eigenvalue weighted by Crippen LogP contribution is -2.46. The van der Waals surface area contributed by atoms with Crippen molar-refractivity contribution in [2.45, 2.75) is 25.3 Å². The zero-order valence-electron chi connectivity index (χ0n) is 19.2. The van der Waals surface area contributed by atoms with E-state index in [0.717, 1.165) is 82.4 Å². The van der Waals surface area contributed by atoms with Gasteiger partial charge < -0.3 is 29.6 Å². The molecule has 0 amide bonds. The van der Waals surface area contributed by atoms with Crippen molar-refractivity contribution in [3.05, 3.63) is 23.8 Å². The van der Waals surface area contributed by atoms with Crippen molar-refractivity contribution >= 4 is 5.96 Å². The minimum Gasteiger partial charge on any atom is -0.493 e. The van der Waals surface area contributed by atoms with E-state index in [0.29, 0.717) is 0 Å². The van der Waals surface area contributed by atoms with Gasteiger partial charge in [0.2, 0.25) is 0 Å². The lowest BCUT2D eigenvalue weighted by molar-refractivity contribution is 0.0169. The van der Waals surface area contributed by atoms with Crippen LogP contribution in [0.15, 0.2) is 23.2 Å². The maximum Gasteiger partial charge on any atom is 0.191 e. The molecule has 8 heteroatoms. The predicted octanol–water partition coefficient (Wildman–Crippen LogP) is 2.06. The summed E-state index contributed by atoms with van der Waals surface area (Å²) in [7, 11) is 5.13. The average Bonchev–Trinajstić information content (AvgIpc) is 3.65. The zero-order valence-corrected chi connectivity index (χ0v) is 19.2. The molecule has 0 spiro atoms. The molecule has 0 aromatic heterocycles. The normalized spacial score (nSPS) is 18.5. The highest BCUT2D eigenvalue weighted by Crippen LogP contribution is 2.32. The Labute approximate surface area is 186 Å². The topological polar surface area (TPSA) is 76.6 Å². The molecule has 8 nitrogen and oxygen atoms in total. The third kappa shape index (κ3) is 7.55. The molecule has 0 radical (unpaired) electrons. The van der Waals surface area contributed by atoms with Crippen LogP contribution < -0.4 is 20.1 Å². The number of hydrogen-bond acceptors (Lipinski definition) is 6. The molecule has 1 aromatic rings. The SMILES string of the molecule is CN=C(NCCCOCC1CC1)NCC(c1ccc(OC)c(OC)c1)N1CCOCC1. The molecule has 2 fully saturated rings. The number of aliphatic imine (C=N–C) groups is 1. The molecule has 1 aliphatic carbocycles. The van der Waals surface area contributed by atoms with Crippen LogP contribution >= 0.6 is 0 Å². The molecule has 174 valence electrons. The molecular formula is C23H38N4O4. The lowest BCUT2D eigenvalue weighted by atomic mass is 10.0. The van der Waals surface area contributed by atoms with Crippen LogP contribution in [0.25, 0.3) is 0 Å². The number of morpholine rings is 1. The summed E-state index contributed by atoms with van der Waals surface area (Å²) in [5, 5.41) is 6.89. The molecule has 1 heterocycles. The van der Waals surface area contributed by atoms with Crippen LogP contribution in [0.1, 0.15) is 30.9 Å². The van der Waals surface area contributed by atoms with E-state index in [2.05, 4.69) is 32.7 Å². The predicted molar refractivity (Wildman–Crippen MR) is 122 cm³/mol. The summed E-state index contributed by atoms with van der Waals surface area (Å²) in [5.41, 5.74) is 1.18. The van der Waals surface area contributed by atoms with E-state index in [-0.39, 0.29) is 6.04 Å². The molecule has 3 rings (SSSR count). The van der Waals surface area contributed by atoms with E-state index >= 15 is 0 Å². The molecule has 1 saturated heterocycles. The standard InChI is InChI=1S/C23H38N4O4/c1-24-23(25-9-4-12-31-17-18-5-6-18)26-16-20(27-10-13-30-14-11-27)19-7-8-21(28-2)22(15-19)29-3/h7-8,15,18,20H,4-6,9-14,16-17H2,1-3H3,(H2,24,25,26). The van der Waals surface area contributed by atoms with Crippen LogP contribution in [0.5, 0.6) is 11.5 Å². The van der Waals surface area contributed by atoms with Crippen molar-refractivity contribution < 1.29 is 18.9 Å². The Morgan fingerprint density at radius 2 is 1.94 bits per heavy atom. The third-order valence-electron chi connectivity index (χ3n) is 5.77. The van der Waals surface area contributed by atoms with E-state index in [1.54, 1.807) is 21.3 Å². The molecular weight excluding hydrogens is 396 g/mol. The fourth-order valence-electron chi connectivity index (χ4n) is 3.74. The summed E-state index contributed by atoms with van der Waals surface area (Å²) in [6.07, 6.45) is 3.63. The second kappa shape index (κ2) is 12.7. The Hall–Kier alpha value is -2.03. The number of ether oxygens (including phenoxy) is 4. The van der Waals surface area contributed by atoms with Gasteiger partial charge in [0.25, 0.3) is 0 Å². The Kier molecular flexibility index (Phi) is 9.71. The smallest absolute Gasteiger partial charge is 0.191 e. The van der Waals surface area contributed by atoms with Crippen molar-refractivity contribution in [2.24, 2.45) is 10.9 Å². The van der Waals surface area contributed by atoms with E-state index < -0.39 is 0 Å². The highest BCUT2D eigenvalue weighted by molar-refractivity contribution is 5.79. The highest BCUT2D eigenvalue weighted by atomic mass is 16.5. The summed E-state index contributed by atoms with van der Waals surface area (Å²) in [6.45, 7) is 6.56. The van der Waals surface area contributed by atoms with Gasteiger partial charge in [-0.15, -0.1) is 0 Å². The van der Waals surface area contributed by atoms with Gasteiger partial charge in [0.05, 0.1) is 33.5 Å². The first-order valence-corrected chi connectivity index (χ1v) is 11.3. The minimum absolute atomic E-state index is 0.170. The fraction of sp³-hybridized carbons (Fsp3) is 0.696. The summed E-state index contributed by atoms with van der Waals surface area (Å²) in [5.74, 6) is 3.10. The number of nitrogens with zero attached hydrogens (tertiary/aromatic N) is 2. The van der Waals surface area contributed by atoms with Crippen molar-refractivity contribution in [3.8, 4) is 11.5 Å². The van der Waals surface area contributed by atoms with Crippen LogP contribution in [0.3, 0.4) is 0 Å². The fourth-order valence-corrected chi connectivity index (χ4v) is 3.74. The molecule has 0 bridgehead atoms. The van der Waals surface area contributed by atoms with E-state index in [1.807, 2.05) is 6.07 Å². The Balaban J connectivity index is 1.54. The van der Waals surface area contributed by atoms with Crippen LogP contribution in [0, 0.1) is 5.92 Å². The summed E-state index contributed by atoms with van der Waals surface area (Å²) in [4.78, 5) is 6.82. The largest absolute Gasteiger partial charge is 0.493 e. The first kappa shape index (κ1) is 23.6. The van der Waals surface area contributed by atoms with E-state index in [9.17, 15) is 0 Å². The number of nitrogens with one attached hydrogen (secondary N) is 2. The number of hydrogen-bond donors (Lipinski definition) is 2. The molecule has 31 heavy (non-hydrogen) atoms. The highest BCUT2D eigenvalue weighted by Gasteiger charge is 2.24. The van der Waals surface area contributed by atoms with E-state index in [4.69, 9.17) is 18.9 Å². The zero-order chi connectivity index (χ0) is 21.9. The van der Waals surface area contributed by atoms with Gasteiger partial charge in [-0.1, -0.05) is 6.07 Å².